The monoisotopic (exact) mass is 211 g/mol. The van der Waals surface area contributed by atoms with Gasteiger partial charge in [-0.15, -0.1) is 0 Å². The van der Waals surface area contributed by atoms with Crippen LogP contribution in [0.4, 0.5) is 0 Å². The van der Waals surface area contributed by atoms with Gasteiger partial charge in [0.25, 0.3) is 0 Å². The first-order valence-electron chi connectivity index (χ1n) is 4.33. The highest BCUT2D eigenvalue weighted by atomic mass is 35.5. The van der Waals surface area contributed by atoms with Gasteiger partial charge in [-0.2, -0.15) is 0 Å². The van der Waals surface area contributed by atoms with Crippen LogP contribution in [0.15, 0.2) is 12.1 Å². The molecular formula is C10H10ClNO2. The number of ether oxygens (including phenoxy) is 1. The van der Waals surface area contributed by atoms with Gasteiger partial charge < -0.3 is 10.1 Å². The maximum Gasteiger partial charge on any atom is 0.338 e. The van der Waals surface area contributed by atoms with E-state index in [-0.39, 0.29) is 5.97 Å². The third-order valence-corrected chi connectivity index (χ3v) is 2.74. The highest BCUT2D eigenvalue weighted by Gasteiger charge is 2.21. The Bertz CT molecular complexity index is 390. The molecule has 1 aliphatic rings. The van der Waals surface area contributed by atoms with Gasteiger partial charge in [-0.25, -0.2) is 4.79 Å². The van der Waals surface area contributed by atoms with Crippen LogP contribution in [0.5, 0.6) is 0 Å². The normalized spacial score (nSPS) is 13.9. The summed E-state index contributed by atoms with van der Waals surface area (Å²) in [4.78, 5) is 11.4. The van der Waals surface area contributed by atoms with E-state index in [1.807, 2.05) is 0 Å². The van der Waals surface area contributed by atoms with E-state index in [0.717, 1.165) is 17.7 Å². The Hall–Kier alpha value is -1.06. The number of fused-ring (bicyclic) bond motifs is 1. The second-order valence-corrected chi connectivity index (χ2v) is 3.55. The number of carbonyl (C=O) groups excluding carboxylic acids is 1. The third kappa shape index (κ3) is 1.38. The molecule has 0 aromatic heterocycles. The molecule has 4 heteroatoms. The maximum atomic E-state index is 11.4. The zero-order valence-electron chi connectivity index (χ0n) is 7.76. The molecule has 1 N–H and O–H groups in total. The second kappa shape index (κ2) is 3.59. The SMILES string of the molecule is COC(=O)c1ccc(Cl)c2c1CNC2. The molecule has 0 atom stereocenters. The van der Waals surface area contributed by atoms with Gasteiger partial charge in [0.15, 0.2) is 0 Å². The van der Waals surface area contributed by atoms with Crippen LogP contribution < -0.4 is 5.32 Å². The average Bonchev–Trinajstić information content (AvgIpc) is 2.67. The van der Waals surface area contributed by atoms with Crippen LogP contribution in [-0.4, -0.2) is 13.1 Å². The summed E-state index contributed by atoms with van der Waals surface area (Å²) in [6.07, 6.45) is 0. The highest BCUT2D eigenvalue weighted by molar-refractivity contribution is 6.31. The number of esters is 1. The van der Waals surface area contributed by atoms with Gasteiger partial charge in [-0.05, 0) is 23.3 Å². The molecule has 0 fully saturated rings. The quantitative estimate of drug-likeness (QED) is 0.719. The molecule has 0 aliphatic carbocycles. The first-order valence-corrected chi connectivity index (χ1v) is 4.71. The van der Waals surface area contributed by atoms with E-state index in [2.05, 4.69) is 5.32 Å². The van der Waals surface area contributed by atoms with Crippen LogP contribution >= 0.6 is 11.6 Å². The third-order valence-electron chi connectivity index (χ3n) is 2.38. The van der Waals surface area contributed by atoms with Gasteiger partial charge in [0, 0.05) is 18.1 Å². The van der Waals surface area contributed by atoms with Crippen molar-refractivity contribution in [2.45, 2.75) is 13.1 Å². The van der Waals surface area contributed by atoms with Crippen LogP contribution in [0.1, 0.15) is 21.5 Å². The molecule has 14 heavy (non-hydrogen) atoms. The van der Waals surface area contributed by atoms with Crippen molar-refractivity contribution in [2.24, 2.45) is 0 Å². The Morgan fingerprint density at radius 3 is 2.86 bits per heavy atom. The largest absolute Gasteiger partial charge is 0.465 e. The van der Waals surface area contributed by atoms with Crippen LogP contribution in [0, 0.1) is 0 Å². The van der Waals surface area contributed by atoms with Gasteiger partial charge in [0.1, 0.15) is 0 Å². The summed E-state index contributed by atoms with van der Waals surface area (Å²) in [5.74, 6) is -0.304. The molecule has 0 saturated carbocycles. The van der Waals surface area contributed by atoms with E-state index >= 15 is 0 Å². The summed E-state index contributed by atoms with van der Waals surface area (Å²) in [6, 6.07) is 3.44. The van der Waals surface area contributed by atoms with Crippen LogP contribution in [0.2, 0.25) is 5.02 Å². The zero-order valence-corrected chi connectivity index (χ0v) is 8.52. The number of rotatable bonds is 1. The summed E-state index contributed by atoms with van der Waals surface area (Å²) in [7, 11) is 1.38. The van der Waals surface area contributed by atoms with E-state index in [0.29, 0.717) is 17.1 Å². The molecule has 0 spiro atoms. The van der Waals surface area contributed by atoms with Gasteiger partial charge in [-0.3, -0.25) is 0 Å². The Balaban J connectivity index is 2.53. The fraction of sp³-hybridized carbons (Fsp3) is 0.300. The number of hydrogen-bond donors (Lipinski definition) is 1. The fourth-order valence-electron chi connectivity index (χ4n) is 1.67. The van der Waals surface area contributed by atoms with E-state index in [9.17, 15) is 4.79 Å². The summed E-state index contributed by atoms with van der Waals surface area (Å²) in [5, 5.41) is 3.86. The smallest absolute Gasteiger partial charge is 0.338 e. The molecule has 0 bridgehead atoms. The van der Waals surface area contributed by atoms with E-state index < -0.39 is 0 Å². The molecule has 1 aromatic carbocycles. The molecule has 74 valence electrons. The van der Waals surface area contributed by atoms with Gasteiger partial charge in [-0.1, -0.05) is 11.6 Å². The summed E-state index contributed by atoms with van der Waals surface area (Å²) < 4.78 is 4.69. The number of hydrogen-bond acceptors (Lipinski definition) is 3. The molecule has 0 unspecified atom stereocenters. The minimum absolute atomic E-state index is 0.304. The van der Waals surface area contributed by atoms with Crippen LogP contribution in [0.25, 0.3) is 0 Å². The second-order valence-electron chi connectivity index (χ2n) is 3.15. The van der Waals surface area contributed by atoms with Crippen molar-refractivity contribution >= 4 is 17.6 Å². The minimum atomic E-state index is -0.304. The van der Waals surface area contributed by atoms with E-state index in [1.54, 1.807) is 12.1 Å². The predicted octanol–water partition coefficient (Wildman–Crippen LogP) is 1.73. The van der Waals surface area contributed by atoms with Crippen molar-refractivity contribution in [1.29, 1.82) is 0 Å². The Morgan fingerprint density at radius 1 is 1.43 bits per heavy atom. The first-order chi connectivity index (χ1) is 6.74. The van der Waals surface area contributed by atoms with Crippen molar-refractivity contribution in [2.75, 3.05) is 7.11 Å². The Labute approximate surface area is 87.0 Å². The predicted molar refractivity (Wildman–Crippen MR) is 53.3 cm³/mol. The molecule has 1 aromatic rings. The van der Waals surface area contributed by atoms with E-state index in [4.69, 9.17) is 16.3 Å². The first kappa shape index (κ1) is 9.49. The van der Waals surface area contributed by atoms with Gasteiger partial charge >= 0.3 is 5.97 Å². The lowest BCUT2D eigenvalue weighted by Gasteiger charge is -2.06. The molecular weight excluding hydrogens is 202 g/mol. The number of methoxy groups -OCH3 is 1. The fourth-order valence-corrected chi connectivity index (χ4v) is 1.92. The molecule has 3 nitrogen and oxygen atoms in total. The summed E-state index contributed by atoms with van der Waals surface area (Å²) >= 11 is 6.00. The molecule has 1 heterocycles. The van der Waals surface area contributed by atoms with Crippen molar-refractivity contribution < 1.29 is 9.53 Å². The van der Waals surface area contributed by atoms with Crippen molar-refractivity contribution in [3.8, 4) is 0 Å². The standard InChI is InChI=1S/C10H10ClNO2/c1-14-10(13)6-2-3-9(11)8-5-12-4-7(6)8/h2-3,12H,4-5H2,1H3. The van der Waals surface area contributed by atoms with Crippen LogP contribution in [0.3, 0.4) is 0 Å². The summed E-state index contributed by atoms with van der Waals surface area (Å²) in [6.45, 7) is 1.40. The maximum absolute atomic E-state index is 11.4. The molecule has 0 radical (unpaired) electrons. The zero-order chi connectivity index (χ0) is 10.1. The van der Waals surface area contributed by atoms with Gasteiger partial charge in [0.2, 0.25) is 0 Å². The number of nitrogens with one attached hydrogen (secondary N) is 1. The number of carbonyl (C=O) groups is 1. The number of halogens is 1. The molecule has 2 rings (SSSR count). The highest BCUT2D eigenvalue weighted by Crippen LogP contribution is 2.27. The molecule has 1 aliphatic heterocycles. The molecule has 0 amide bonds. The van der Waals surface area contributed by atoms with E-state index in [1.165, 1.54) is 7.11 Å². The lowest BCUT2D eigenvalue weighted by atomic mass is 10.0. The minimum Gasteiger partial charge on any atom is -0.465 e. The Kier molecular flexibility index (Phi) is 2.44. The summed E-state index contributed by atoms with van der Waals surface area (Å²) in [5.41, 5.74) is 2.58. The average molecular weight is 212 g/mol. The van der Waals surface area contributed by atoms with Crippen LogP contribution in [-0.2, 0) is 17.8 Å². The topological polar surface area (TPSA) is 38.3 Å². The van der Waals surface area contributed by atoms with Gasteiger partial charge in [0.05, 0.1) is 12.7 Å². The van der Waals surface area contributed by atoms with Crippen molar-refractivity contribution in [1.82, 2.24) is 5.32 Å². The van der Waals surface area contributed by atoms with Crippen molar-refractivity contribution in [3.63, 3.8) is 0 Å². The molecule has 0 saturated heterocycles. The lowest BCUT2D eigenvalue weighted by molar-refractivity contribution is 0.0599. The number of benzene rings is 1. The lowest BCUT2D eigenvalue weighted by Crippen LogP contribution is -2.06. The Morgan fingerprint density at radius 2 is 2.14 bits per heavy atom. The van der Waals surface area contributed by atoms with Crippen molar-refractivity contribution in [3.05, 3.63) is 33.8 Å².